The number of nitrogens with two attached hydrogens (primary N) is 1. The summed E-state index contributed by atoms with van der Waals surface area (Å²) in [5, 5.41) is 0. The molecule has 0 aromatic rings. The molecule has 0 spiro atoms. The molecule has 0 saturated carbocycles. The second kappa shape index (κ2) is 6.03. The minimum absolute atomic E-state index is 0. The van der Waals surface area contributed by atoms with E-state index in [-0.39, 0.29) is 17.6 Å². The molecule has 0 aliphatic carbocycles. The topological polar surface area (TPSA) is 26.0 Å². The molecule has 70 valence electrons. The van der Waals surface area contributed by atoms with E-state index in [4.69, 9.17) is 5.73 Å². The third-order valence-corrected chi connectivity index (χ3v) is 2.34. The first kappa shape index (κ1) is 14.0. The van der Waals surface area contributed by atoms with E-state index < -0.39 is 0 Å². The Bertz CT molecular complexity index is 92.1. The fourth-order valence-corrected chi connectivity index (χ4v) is 0.757. The summed E-state index contributed by atoms with van der Waals surface area (Å²) in [5.41, 5.74) is 5.43. The first-order valence-corrected chi connectivity index (χ1v) is 4.03. The van der Waals surface area contributed by atoms with Gasteiger partial charge in [0.25, 0.3) is 0 Å². The predicted molar refractivity (Wildman–Crippen MR) is 57.1 cm³/mol. The Labute approximate surface area is 81.7 Å². The zero-order valence-corrected chi connectivity index (χ0v) is 7.72. The second-order valence-corrected chi connectivity index (χ2v) is 3.74. The van der Waals surface area contributed by atoms with Crippen molar-refractivity contribution in [2.75, 3.05) is 27.2 Å². The summed E-state index contributed by atoms with van der Waals surface area (Å²) < 4.78 is 1.08. The molecule has 0 aliphatic heterocycles. The normalized spacial score (nSPS) is 11.5. The van der Waals surface area contributed by atoms with E-state index in [0.29, 0.717) is 6.04 Å². The van der Waals surface area contributed by atoms with Gasteiger partial charge in [-0.15, -0.1) is 0 Å². The van der Waals surface area contributed by atoms with Crippen LogP contribution in [0, 0.1) is 0 Å². The van der Waals surface area contributed by atoms with E-state index in [0.717, 1.165) is 17.4 Å². The fourth-order valence-electron chi connectivity index (χ4n) is 0.757. The molecule has 0 radical (unpaired) electrons. The van der Waals surface area contributed by atoms with Crippen molar-refractivity contribution in [2.24, 2.45) is 5.73 Å². The van der Waals surface area contributed by atoms with Gasteiger partial charge in [-0.3, -0.25) is 0 Å². The monoisotopic (exact) mass is 223 g/mol. The fraction of sp³-hybridized carbons (Fsp3) is 1.00. The van der Waals surface area contributed by atoms with Crippen LogP contribution in [0.3, 0.4) is 0 Å². The van der Waals surface area contributed by atoms with Crippen LogP contribution < -0.4 is 5.73 Å². The zero-order chi connectivity index (χ0) is 8.20. The molecule has 0 aromatic carbocycles. The zero-order valence-electron chi connectivity index (χ0n) is 7.72. The van der Waals surface area contributed by atoms with Gasteiger partial charge in [0.2, 0.25) is 0 Å². The minimum atomic E-state index is 0. The Balaban J connectivity index is 0. The van der Waals surface area contributed by atoms with Crippen molar-refractivity contribution >= 4 is 17.6 Å². The number of quaternary nitrogens is 1. The van der Waals surface area contributed by atoms with E-state index in [1.54, 1.807) is 0 Å². The Hall–Kier alpha value is 0.463. The first-order chi connectivity index (χ1) is 4.50. The first-order valence-electron chi connectivity index (χ1n) is 4.03. The molecule has 0 aliphatic rings. The molecule has 2 N–H and O–H groups in total. The summed E-state index contributed by atoms with van der Waals surface area (Å²) in [4.78, 5) is 0. The van der Waals surface area contributed by atoms with Crippen LogP contribution in [0.4, 0.5) is 0 Å². The number of hydrogen-bond donors (Lipinski definition) is 1. The van der Waals surface area contributed by atoms with Gasteiger partial charge in [-0.2, -0.15) is 0 Å². The third-order valence-electron chi connectivity index (χ3n) is 2.34. The van der Waals surface area contributed by atoms with E-state index in [1.165, 1.54) is 6.54 Å². The quantitative estimate of drug-likeness (QED) is 0.497. The molecule has 11 heavy (non-hydrogen) atoms. The van der Waals surface area contributed by atoms with Crippen LogP contribution in [-0.2, 0) is 0 Å². The molecule has 0 aromatic heterocycles. The summed E-state index contributed by atoms with van der Waals surface area (Å²) in [6, 6.07) is 0.701. The van der Waals surface area contributed by atoms with Crippen molar-refractivity contribution in [2.45, 2.75) is 26.3 Å². The van der Waals surface area contributed by atoms with Crippen molar-refractivity contribution in [3.8, 4) is 0 Å². The number of nitrogens with zero attached hydrogens (tertiary/aromatic N) is 1. The summed E-state index contributed by atoms with van der Waals surface area (Å²) in [6.45, 7) is 6.50. The van der Waals surface area contributed by atoms with Gasteiger partial charge < -0.3 is 10.2 Å². The molecular weight excluding hydrogens is 197 g/mol. The van der Waals surface area contributed by atoms with Crippen molar-refractivity contribution in [1.82, 2.24) is 0 Å². The van der Waals surface area contributed by atoms with Gasteiger partial charge in [-0.05, 0) is 20.4 Å². The van der Waals surface area contributed by atoms with Crippen LogP contribution in [0.25, 0.3) is 0 Å². The Kier molecular flexibility index (Phi) is 7.68. The molecule has 0 rings (SSSR count). The Morgan fingerprint density at radius 2 is 1.73 bits per heavy atom. The summed E-state index contributed by atoms with van der Waals surface area (Å²) in [6.07, 6.45) is 1.13. The molecular formula is C8H25GeN2+. The van der Waals surface area contributed by atoms with Crippen molar-refractivity contribution < 1.29 is 4.48 Å². The van der Waals surface area contributed by atoms with Crippen LogP contribution in [0.15, 0.2) is 0 Å². The number of rotatable bonds is 4. The maximum absolute atomic E-state index is 5.43. The van der Waals surface area contributed by atoms with E-state index in [1.807, 2.05) is 0 Å². The molecule has 0 amide bonds. The molecule has 3 heteroatoms. The van der Waals surface area contributed by atoms with Gasteiger partial charge in [0, 0.05) is 6.42 Å². The molecule has 0 unspecified atom stereocenters. The molecule has 0 bridgehead atoms. The van der Waals surface area contributed by atoms with Crippen molar-refractivity contribution in [3.05, 3.63) is 0 Å². The predicted octanol–water partition coefficient (Wildman–Crippen LogP) is -0.632. The average Bonchev–Trinajstić information content (AvgIpc) is 1.84. The molecule has 0 fully saturated rings. The van der Waals surface area contributed by atoms with Gasteiger partial charge in [0.15, 0.2) is 0 Å². The Morgan fingerprint density at radius 1 is 1.27 bits per heavy atom. The summed E-state index contributed by atoms with van der Waals surface area (Å²) >= 11 is 0. The molecule has 0 saturated heterocycles. The van der Waals surface area contributed by atoms with Crippen LogP contribution >= 0.6 is 0 Å². The van der Waals surface area contributed by atoms with Gasteiger partial charge in [0.05, 0.1) is 26.7 Å². The Morgan fingerprint density at radius 3 is 2.00 bits per heavy atom. The number of hydrogen-bond acceptors (Lipinski definition) is 1. The van der Waals surface area contributed by atoms with E-state index in [2.05, 4.69) is 27.9 Å². The summed E-state index contributed by atoms with van der Waals surface area (Å²) in [5.74, 6) is 0. The van der Waals surface area contributed by atoms with Gasteiger partial charge in [0.1, 0.15) is 0 Å². The van der Waals surface area contributed by atoms with E-state index in [9.17, 15) is 0 Å². The SMILES string of the molecule is CC(C)[N+](C)(C)CCCN.[GeH4]. The van der Waals surface area contributed by atoms with Gasteiger partial charge in [-0.1, -0.05) is 0 Å². The van der Waals surface area contributed by atoms with Crippen LogP contribution in [0.1, 0.15) is 20.3 Å². The van der Waals surface area contributed by atoms with E-state index >= 15 is 0 Å². The van der Waals surface area contributed by atoms with Crippen molar-refractivity contribution in [1.29, 1.82) is 0 Å². The second-order valence-electron chi connectivity index (χ2n) is 3.74. The van der Waals surface area contributed by atoms with Crippen LogP contribution in [-0.4, -0.2) is 55.3 Å². The average molecular weight is 222 g/mol. The van der Waals surface area contributed by atoms with Gasteiger partial charge in [-0.25, -0.2) is 0 Å². The molecule has 0 heterocycles. The molecule has 0 atom stereocenters. The molecule has 2 nitrogen and oxygen atoms in total. The van der Waals surface area contributed by atoms with Crippen molar-refractivity contribution in [3.63, 3.8) is 0 Å². The van der Waals surface area contributed by atoms with Gasteiger partial charge >= 0.3 is 17.6 Å². The third kappa shape index (κ3) is 5.70. The van der Waals surface area contributed by atoms with Crippen LogP contribution in [0.2, 0.25) is 0 Å². The van der Waals surface area contributed by atoms with Crippen LogP contribution in [0.5, 0.6) is 0 Å². The standard InChI is InChI=1S/C8H21N2.GeH4/c1-8(2)10(3,4)7-5-6-9;/h8H,5-7,9H2,1-4H3;1H4/q+1;. The summed E-state index contributed by atoms with van der Waals surface area (Å²) in [7, 11) is 4.50. The maximum atomic E-state index is 5.43.